The van der Waals surface area contributed by atoms with E-state index in [-0.39, 0.29) is 0 Å². The van der Waals surface area contributed by atoms with Gasteiger partial charge in [-0.2, -0.15) is 5.10 Å². The Bertz CT molecular complexity index is 554. The van der Waals surface area contributed by atoms with Gasteiger partial charge in [0.15, 0.2) is 0 Å². The lowest BCUT2D eigenvalue weighted by Crippen LogP contribution is -2.04. The standard InChI is InChI=1S/C14H17ClN2O2/c1-3-17-9-10(8-16-17)6-13(18)12-7-11(15)4-5-14(12)19-2/h4-5,7-9,13,18H,3,6H2,1-2H3. The lowest BCUT2D eigenvalue weighted by Gasteiger charge is -2.14. The molecule has 19 heavy (non-hydrogen) atoms. The normalized spacial score (nSPS) is 12.4. The highest BCUT2D eigenvalue weighted by atomic mass is 35.5. The molecule has 1 aromatic heterocycles. The molecule has 0 spiro atoms. The van der Waals surface area contributed by atoms with E-state index in [0.29, 0.717) is 22.8 Å². The van der Waals surface area contributed by atoms with Crippen LogP contribution in [0.25, 0.3) is 0 Å². The second-order valence-electron chi connectivity index (χ2n) is 4.31. The number of methoxy groups -OCH3 is 1. The van der Waals surface area contributed by atoms with Gasteiger partial charge in [0.25, 0.3) is 0 Å². The van der Waals surface area contributed by atoms with E-state index < -0.39 is 6.10 Å². The quantitative estimate of drug-likeness (QED) is 0.916. The Kier molecular flexibility index (Phi) is 4.45. The molecule has 1 aromatic carbocycles. The summed E-state index contributed by atoms with van der Waals surface area (Å²) in [6.07, 6.45) is 3.52. The molecule has 1 N–H and O–H groups in total. The molecule has 0 saturated carbocycles. The Labute approximate surface area is 117 Å². The third kappa shape index (κ3) is 3.28. The van der Waals surface area contributed by atoms with Gasteiger partial charge in [0.1, 0.15) is 5.75 Å². The average Bonchev–Trinajstić information content (AvgIpc) is 2.86. The van der Waals surface area contributed by atoms with Crippen LogP contribution in [0, 0.1) is 0 Å². The highest BCUT2D eigenvalue weighted by molar-refractivity contribution is 6.30. The first-order chi connectivity index (χ1) is 9.13. The highest BCUT2D eigenvalue weighted by Crippen LogP contribution is 2.30. The van der Waals surface area contributed by atoms with Gasteiger partial charge in [-0.05, 0) is 30.7 Å². The molecule has 0 saturated heterocycles. The molecule has 2 rings (SSSR count). The second kappa shape index (κ2) is 6.08. The van der Waals surface area contributed by atoms with Crippen LogP contribution < -0.4 is 4.74 Å². The minimum Gasteiger partial charge on any atom is -0.496 e. The number of aromatic nitrogens is 2. The van der Waals surface area contributed by atoms with Crippen molar-refractivity contribution in [3.8, 4) is 5.75 Å². The predicted molar refractivity (Wildman–Crippen MR) is 74.6 cm³/mol. The van der Waals surface area contributed by atoms with Crippen molar-refractivity contribution >= 4 is 11.6 Å². The lowest BCUT2D eigenvalue weighted by atomic mass is 10.0. The van der Waals surface area contributed by atoms with Crippen LogP contribution in [-0.2, 0) is 13.0 Å². The number of hydrogen-bond acceptors (Lipinski definition) is 3. The molecular formula is C14H17ClN2O2. The summed E-state index contributed by atoms with van der Waals surface area (Å²) >= 11 is 5.96. The number of aliphatic hydroxyl groups excluding tert-OH is 1. The van der Waals surface area contributed by atoms with E-state index in [0.717, 1.165) is 12.1 Å². The summed E-state index contributed by atoms with van der Waals surface area (Å²) in [5, 5.41) is 15.1. The van der Waals surface area contributed by atoms with Crippen molar-refractivity contribution in [2.24, 2.45) is 0 Å². The van der Waals surface area contributed by atoms with Crippen molar-refractivity contribution in [2.45, 2.75) is 26.0 Å². The fourth-order valence-corrected chi connectivity index (χ4v) is 2.16. The van der Waals surface area contributed by atoms with Crippen LogP contribution in [0.4, 0.5) is 0 Å². The maximum Gasteiger partial charge on any atom is 0.124 e. The smallest absolute Gasteiger partial charge is 0.124 e. The van der Waals surface area contributed by atoms with Crippen LogP contribution in [-0.4, -0.2) is 22.0 Å². The van der Waals surface area contributed by atoms with E-state index in [1.54, 1.807) is 31.5 Å². The van der Waals surface area contributed by atoms with Gasteiger partial charge < -0.3 is 9.84 Å². The largest absolute Gasteiger partial charge is 0.496 e. The van der Waals surface area contributed by atoms with Gasteiger partial charge in [0.2, 0.25) is 0 Å². The van der Waals surface area contributed by atoms with Gasteiger partial charge in [0, 0.05) is 29.7 Å². The van der Waals surface area contributed by atoms with Crippen LogP contribution in [0.2, 0.25) is 5.02 Å². The molecule has 5 heteroatoms. The van der Waals surface area contributed by atoms with Crippen LogP contribution >= 0.6 is 11.6 Å². The Balaban J connectivity index is 2.19. The Morgan fingerprint density at radius 2 is 2.26 bits per heavy atom. The third-order valence-electron chi connectivity index (χ3n) is 2.99. The molecular weight excluding hydrogens is 264 g/mol. The molecule has 0 amide bonds. The van der Waals surface area contributed by atoms with E-state index in [9.17, 15) is 5.11 Å². The first-order valence-electron chi connectivity index (χ1n) is 6.17. The van der Waals surface area contributed by atoms with E-state index in [1.165, 1.54) is 0 Å². The van der Waals surface area contributed by atoms with Crippen molar-refractivity contribution in [1.29, 1.82) is 0 Å². The molecule has 2 aromatic rings. The summed E-state index contributed by atoms with van der Waals surface area (Å²) in [6.45, 7) is 2.84. The summed E-state index contributed by atoms with van der Waals surface area (Å²) in [7, 11) is 1.58. The molecule has 0 bridgehead atoms. The van der Waals surface area contributed by atoms with Crippen molar-refractivity contribution < 1.29 is 9.84 Å². The first kappa shape index (κ1) is 13.9. The number of halogens is 1. The molecule has 0 aliphatic heterocycles. The van der Waals surface area contributed by atoms with Gasteiger partial charge in [0.05, 0.1) is 19.4 Å². The average molecular weight is 281 g/mol. The second-order valence-corrected chi connectivity index (χ2v) is 4.75. The summed E-state index contributed by atoms with van der Waals surface area (Å²) in [5.41, 5.74) is 1.68. The van der Waals surface area contributed by atoms with E-state index in [4.69, 9.17) is 16.3 Å². The maximum absolute atomic E-state index is 10.3. The zero-order chi connectivity index (χ0) is 13.8. The monoisotopic (exact) mass is 280 g/mol. The molecule has 0 radical (unpaired) electrons. The van der Waals surface area contributed by atoms with Crippen LogP contribution in [0.5, 0.6) is 5.75 Å². The van der Waals surface area contributed by atoms with Gasteiger partial charge >= 0.3 is 0 Å². The van der Waals surface area contributed by atoms with Crippen molar-refractivity contribution in [2.75, 3.05) is 7.11 Å². The SMILES string of the molecule is CCn1cc(CC(O)c2cc(Cl)ccc2OC)cn1. The number of aryl methyl sites for hydroxylation is 1. The number of aliphatic hydroxyl groups is 1. The summed E-state index contributed by atoms with van der Waals surface area (Å²) in [5.74, 6) is 0.639. The molecule has 1 heterocycles. The minimum absolute atomic E-state index is 0.483. The van der Waals surface area contributed by atoms with Crippen LogP contribution in [0.3, 0.4) is 0 Å². The van der Waals surface area contributed by atoms with Crippen LogP contribution in [0.1, 0.15) is 24.2 Å². The Morgan fingerprint density at radius 3 is 2.89 bits per heavy atom. The third-order valence-corrected chi connectivity index (χ3v) is 3.23. The summed E-state index contributed by atoms with van der Waals surface area (Å²) in [4.78, 5) is 0. The zero-order valence-corrected chi connectivity index (χ0v) is 11.8. The fraction of sp³-hybridized carbons (Fsp3) is 0.357. The van der Waals surface area contributed by atoms with E-state index >= 15 is 0 Å². The van der Waals surface area contributed by atoms with E-state index in [1.807, 2.05) is 17.8 Å². The summed E-state index contributed by atoms with van der Waals surface area (Å²) < 4.78 is 7.08. The molecule has 102 valence electrons. The summed E-state index contributed by atoms with van der Waals surface area (Å²) in [6, 6.07) is 5.23. The molecule has 1 unspecified atom stereocenters. The molecule has 4 nitrogen and oxygen atoms in total. The predicted octanol–water partition coefficient (Wildman–Crippen LogP) is 2.84. The van der Waals surface area contributed by atoms with Gasteiger partial charge in [-0.1, -0.05) is 11.6 Å². The minimum atomic E-state index is -0.664. The Hall–Kier alpha value is -1.52. The fourth-order valence-electron chi connectivity index (χ4n) is 1.98. The number of ether oxygens (including phenoxy) is 1. The lowest BCUT2D eigenvalue weighted by molar-refractivity contribution is 0.174. The number of hydrogen-bond donors (Lipinski definition) is 1. The Morgan fingerprint density at radius 1 is 1.47 bits per heavy atom. The zero-order valence-electron chi connectivity index (χ0n) is 11.0. The molecule has 0 aliphatic carbocycles. The van der Waals surface area contributed by atoms with Crippen molar-refractivity contribution in [3.63, 3.8) is 0 Å². The van der Waals surface area contributed by atoms with Gasteiger partial charge in [-0.3, -0.25) is 4.68 Å². The number of benzene rings is 1. The van der Waals surface area contributed by atoms with Gasteiger partial charge in [-0.25, -0.2) is 0 Å². The van der Waals surface area contributed by atoms with Crippen molar-refractivity contribution in [1.82, 2.24) is 9.78 Å². The number of rotatable bonds is 5. The van der Waals surface area contributed by atoms with Gasteiger partial charge in [-0.15, -0.1) is 0 Å². The molecule has 1 atom stereocenters. The topological polar surface area (TPSA) is 47.3 Å². The molecule has 0 fully saturated rings. The van der Waals surface area contributed by atoms with Crippen molar-refractivity contribution in [3.05, 3.63) is 46.7 Å². The van der Waals surface area contributed by atoms with E-state index in [2.05, 4.69) is 5.10 Å². The van der Waals surface area contributed by atoms with Crippen LogP contribution in [0.15, 0.2) is 30.6 Å². The first-order valence-corrected chi connectivity index (χ1v) is 6.54. The molecule has 0 aliphatic rings. The number of nitrogens with zero attached hydrogens (tertiary/aromatic N) is 2. The maximum atomic E-state index is 10.3. The highest BCUT2D eigenvalue weighted by Gasteiger charge is 2.15.